The molecular weight excluding hydrogens is 199 g/mol. The van der Waals surface area contributed by atoms with E-state index in [0.717, 1.165) is 0 Å². The third kappa shape index (κ3) is 2.47. The van der Waals surface area contributed by atoms with E-state index >= 15 is 0 Å². The summed E-state index contributed by atoms with van der Waals surface area (Å²) in [7, 11) is 0. The molecule has 2 amide bonds. The molecule has 1 fully saturated rings. The van der Waals surface area contributed by atoms with Gasteiger partial charge in [-0.15, -0.1) is 0 Å². The largest absolute Gasteiger partial charge is 0.378 e. The fourth-order valence-electron chi connectivity index (χ4n) is 1.82. The highest BCUT2D eigenvalue weighted by molar-refractivity contribution is 5.75. The molecule has 2 aliphatic heterocycles. The predicted molar refractivity (Wildman–Crippen MR) is 53.2 cm³/mol. The summed E-state index contributed by atoms with van der Waals surface area (Å²) < 4.78 is 18.1. The number of ether oxygens (including phenoxy) is 1. The highest BCUT2D eigenvalue weighted by atomic mass is 19.1. The molecule has 0 aromatic rings. The molecule has 2 heterocycles. The van der Waals surface area contributed by atoms with Crippen LogP contribution >= 0.6 is 0 Å². The number of rotatable bonds is 0. The van der Waals surface area contributed by atoms with Crippen LogP contribution in [0.5, 0.6) is 0 Å². The molecule has 2 aliphatic rings. The second-order valence-electron chi connectivity index (χ2n) is 3.74. The van der Waals surface area contributed by atoms with Crippen LogP contribution in [0.3, 0.4) is 0 Å². The lowest BCUT2D eigenvalue weighted by Gasteiger charge is -2.33. The molecule has 4 nitrogen and oxygen atoms in total. The Bertz CT molecular complexity index is 275. The van der Waals surface area contributed by atoms with Crippen LogP contribution < -0.4 is 0 Å². The monoisotopic (exact) mass is 214 g/mol. The highest BCUT2D eigenvalue weighted by Crippen LogP contribution is 2.13. The van der Waals surface area contributed by atoms with Gasteiger partial charge in [0.15, 0.2) is 0 Å². The van der Waals surface area contributed by atoms with Crippen molar-refractivity contribution in [3.05, 3.63) is 11.9 Å². The van der Waals surface area contributed by atoms with Crippen molar-refractivity contribution < 1.29 is 13.9 Å². The van der Waals surface area contributed by atoms with Crippen molar-refractivity contribution in [2.24, 2.45) is 0 Å². The standard InChI is InChI=1S/C10H15FN2O2/c11-9-2-1-3-13(8-9)10(14)12-4-6-15-7-5-12/h2H,1,3-8H2. The van der Waals surface area contributed by atoms with Crippen LogP contribution in [0.25, 0.3) is 0 Å². The zero-order valence-corrected chi connectivity index (χ0v) is 8.62. The third-order valence-corrected chi connectivity index (χ3v) is 2.66. The van der Waals surface area contributed by atoms with Crippen LogP contribution in [-0.4, -0.2) is 55.2 Å². The number of amides is 2. The van der Waals surface area contributed by atoms with Crippen LogP contribution in [0.2, 0.25) is 0 Å². The van der Waals surface area contributed by atoms with E-state index in [1.165, 1.54) is 0 Å². The number of carbonyl (C=O) groups excluding carboxylic acids is 1. The summed E-state index contributed by atoms with van der Waals surface area (Å²) >= 11 is 0. The maximum absolute atomic E-state index is 13.0. The first-order chi connectivity index (χ1) is 7.27. The van der Waals surface area contributed by atoms with Crippen molar-refractivity contribution in [2.45, 2.75) is 6.42 Å². The van der Waals surface area contributed by atoms with Crippen LogP contribution in [0.15, 0.2) is 11.9 Å². The second-order valence-corrected chi connectivity index (χ2v) is 3.74. The molecule has 0 aromatic carbocycles. The summed E-state index contributed by atoms with van der Waals surface area (Å²) in [6, 6.07) is -0.0680. The summed E-state index contributed by atoms with van der Waals surface area (Å²) in [5.41, 5.74) is 0. The van der Waals surface area contributed by atoms with Crippen molar-refractivity contribution in [2.75, 3.05) is 39.4 Å². The van der Waals surface area contributed by atoms with Gasteiger partial charge in [-0.05, 0) is 12.5 Å². The molecule has 0 saturated carbocycles. The molecule has 1 saturated heterocycles. The van der Waals surface area contributed by atoms with Crippen LogP contribution in [0.1, 0.15) is 6.42 Å². The first-order valence-corrected chi connectivity index (χ1v) is 5.23. The summed E-state index contributed by atoms with van der Waals surface area (Å²) in [4.78, 5) is 15.2. The number of urea groups is 1. The number of hydrogen-bond acceptors (Lipinski definition) is 2. The van der Waals surface area contributed by atoms with E-state index < -0.39 is 0 Å². The minimum absolute atomic E-state index is 0.0680. The molecule has 0 unspecified atom stereocenters. The molecule has 15 heavy (non-hydrogen) atoms. The van der Waals surface area contributed by atoms with Gasteiger partial charge in [0, 0.05) is 19.6 Å². The van der Waals surface area contributed by atoms with E-state index in [0.29, 0.717) is 39.3 Å². The number of morpholine rings is 1. The molecule has 0 bridgehead atoms. The zero-order chi connectivity index (χ0) is 10.7. The Balaban J connectivity index is 1.92. The molecule has 0 aromatic heterocycles. The van der Waals surface area contributed by atoms with Crippen LogP contribution in [0, 0.1) is 0 Å². The van der Waals surface area contributed by atoms with Gasteiger partial charge in [-0.25, -0.2) is 9.18 Å². The minimum Gasteiger partial charge on any atom is -0.378 e. The normalized spacial score (nSPS) is 22.6. The number of hydrogen-bond donors (Lipinski definition) is 0. The minimum atomic E-state index is -0.206. The van der Waals surface area contributed by atoms with Crippen LogP contribution in [-0.2, 0) is 4.74 Å². The Morgan fingerprint density at radius 3 is 2.67 bits per heavy atom. The summed E-state index contributed by atoms with van der Waals surface area (Å²) in [5.74, 6) is -0.206. The van der Waals surface area contributed by atoms with Gasteiger partial charge in [0.2, 0.25) is 0 Å². The zero-order valence-electron chi connectivity index (χ0n) is 8.62. The smallest absolute Gasteiger partial charge is 0.320 e. The van der Waals surface area contributed by atoms with Gasteiger partial charge in [0.1, 0.15) is 5.83 Å². The van der Waals surface area contributed by atoms with E-state index in [-0.39, 0.29) is 18.4 Å². The second kappa shape index (κ2) is 4.61. The summed E-state index contributed by atoms with van der Waals surface area (Å²) in [5, 5.41) is 0. The molecule has 84 valence electrons. The van der Waals surface area contributed by atoms with E-state index in [9.17, 15) is 9.18 Å². The molecule has 5 heteroatoms. The lowest BCUT2D eigenvalue weighted by Crippen LogP contribution is -2.49. The van der Waals surface area contributed by atoms with Crippen molar-refractivity contribution >= 4 is 6.03 Å². The Kier molecular flexibility index (Phi) is 3.20. The predicted octanol–water partition coefficient (Wildman–Crippen LogP) is 0.998. The highest BCUT2D eigenvalue weighted by Gasteiger charge is 2.24. The molecule has 2 rings (SSSR count). The average Bonchev–Trinajstić information content (AvgIpc) is 2.29. The van der Waals surface area contributed by atoms with Crippen molar-refractivity contribution in [1.29, 1.82) is 0 Å². The first-order valence-electron chi connectivity index (χ1n) is 5.23. The fraction of sp³-hybridized carbons (Fsp3) is 0.700. The van der Waals surface area contributed by atoms with Gasteiger partial charge in [-0.2, -0.15) is 0 Å². The first kappa shape index (κ1) is 10.4. The number of nitrogens with zero attached hydrogens (tertiary/aromatic N) is 2. The van der Waals surface area contributed by atoms with Crippen molar-refractivity contribution in [1.82, 2.24) is 9.80 Å². The van der Waals surface area contributed by atoms with Gasteiger partial charge in [-0.3, -0.25) is 0 Å². The molecular formula is C10H15FN2O2. The maximum atomic E-state index is 13.0. The maximum Gasteiger partial charge on any atom is 0.320 e. The van der Waals surface area contributed by atoms with E-state index in [1.54, 1.807) is 15.9 Å². The van der Waals surface area contributed by atoms with Gasteiger partial charge in [0.25, 0.3) is 0 Å². The van der Waals surface area contributed by atoms with Crippen molar-refractivity contribution in [3.63, 3.8) is 0 Å². The molecule has 0 radical (unpaired) electrons. The van der Waals surface area contributed by atoms with Gasteiger partial charge in [-0.1, -0.05) is 0 Å². The Morgan fingerprint density at radius 2 is 2.00 bits per heavy atom. The summed E-state index contributed by atoms with van der Waals surface area (Å²) in [6.45, 7) is 3.12. The van der Waals surface area contributed by atoms with E-state index in [2.05, 4.69) is 0 Å². The average molecular weight is 214 g/mol. The van der Waals surface area contributed by atoms with E-state index in [1.807, 2.05) is 0 Å². The summed E-state index contributed by atoms with van der Waals surface area (Å²) in [6.07, 6.45) is 2.16. The Labute approximate surface area is 88.3 Å². The van der Waals surface area contributed by atoms with Crippen molar-refractivity contribution in [3.8, 4) is 0 Å². The van der Waals surface area contributed by atoms with E-state index in [4.69, 9.17) is 4.74 Å². The lowest BCUT2D eigenvalue weighted by molar-refractivity contribution is 0.0433. The SMILES string of the molecule is O=C(N1CCOCC1)N1CCC=C(F)C1. The molecule has 0 N–H and O–H groups in total. The third-order valence-electron chi connectivity index (χ3n) is 2.66. The topological polar surface area (TPSA) is 32.8 Å². The number of halogens is 1. The van der Waals surface area contributed by atoms with Gasteiger partial charge < -0.3 is 14.5 Å². The fourth-order valence-corrected chi connectivity index (χ4v) is 1.82. The Hall–Kier alpha value is -1.10. The molecule has 0 aliphatic carbocycles. The molecule has 0 spiro atoms. The quantitative estimate of drug-likeness (QED) is 0.602. The molecule has 0 atom stereocenters. The number of carbonyl (C=O) groups is 1. The lowest BCUT2D eigenvalue weighted by atomic mass is 10.2. The van der Waals surface area contributed by atoms with Gasteiger partial charge >= 0.3 is 6.03 Å². The Morgan fingerprint density at radius 1 is 1.27 bits per heavy atom. The van der Waals surface area contributed by atoms with Gasteiger partial charge in [0.05, 0.1) is 19.8 Å². The van der Waals surface area contributed by atoms with Crippen LogP contribution in [0.4, 0.5) is 9.18 Å².